The lowest BCUT2D eigenvalue weighted by Crippen LogP contribution is -2.37. The molecule has 0 aliphatic carbocycles. The first-order chi connectivity index (χ1) is 13.7. The van der Waals surface area contributed by atoms with Crippen molar-refractivity contribution in [3.8, 4) is 0 Å². The Balaban J connectivity index is 0.00000300. The van der Waals surface area contributed by atoms with Gasteiger partial charge in [-0.1, -0.05) is 18.6 Å². The molecule has 29 heavy (non-hydrogen) atoms. The van der Waals surface area contributed by atoms with E-state index in [1.807, 2.05) is 7.05 Å². The Morgan fingerprint density at radius 1 is 1.21 bits per heavy atom. The maximum atomic E-state index is 4.42. The molecule has 0 radical (unpaired) electrons. The van der Waals surface area contributed by atoms with E-state index in [0.717, 1.165) is 50.7 Å². The van der Waals surface area contributed by atoms with Gasteiger partial charge in [0.25, 0.3) is 0 Å². The van der Waals surface area contributed by atoms with Gasteiger partial charge in [0.05, 0.1) is 0 Å². The highest BCUT2D eigenvalue weighted by Crippen LogP contribution is 2.21. The first-order valence-electron chi connectivity index (χ1n) is 10.2. The number of aliphatic imine (C=N–C) groups is 1. The lowest BCUT2D eigenvalue weighted by Gasteiger charge is -2.14. The molecule has 0 bridgehead atoms. The minimum Gasteiger partial charge on any atom is -0.356 e. The Bertz CT molecular complexity index is 804. The predicted octanol–water partition coefficient (Wildman–Crippen LogP) is 3.95. The van der Waals surface area contributed by atoms with Gasteiger partial charge in [0.1, 0.15) is 11.6 Å². The largest absolute Gasteiger partial charge is 0.356 e. The van der Waals surface area contributed by atoms with E-state index >= 15 is 0 Å². The summed E-state index contributed by atoms with van der Waals surface area (Å²) in [5, 5.41) is 15.6. The van der Waals surface area contributed by atoms with Crippen LogP contribution in [0.25, 0.3) is 0 Å². The molecule has 0 fully saturated rings. The van der Waals surface area contributed by atoms with Crippen molar-refractivity contribution in [2.24, 2.45) is 4.99 Å². The van der Waals surface area contributed by atoms with E-state index < -0.39 is 0 Å². The molecule has 0 atom stereocenters. The van der Waals surface area contributed by atoms with E-state index in [9.17, 15) is 0 Å². The zero-order valence-electron chi connectivity index (χ0n) is 17.7. The number of nitrogens with one attached hydrogen (secondary N) is 2. The summed E-state index contributed by atoms with van der Waals surface area (Å²) in [5.41, 5.74) is 2.59. The summed E-state index contributed by atoms with van der Waals surface area (Å²) in [6.07, 6.45) is 8.93. The van der Waals surface area contributed by atoms with Crippen LogP contribution >= 0.6 is 35.7 Å². The molecule has 0 spiro atoms. The Kier molecular flexibility index (Phi) is 10.3. The molecule has 1 aliphatic rings. The number of guanidine groups is 1. The fraction of sp³-hybridized carbons (Fsp3) is 0.571. The van der Waals surface area contributed by atoms with Crippen LogP contribution in [0.15, 0.2) is 28.1 Å². The SMILES string of the molecule is CN=C(NCCCc1nnc2n1CCCCC2)NCc1ccc(C)cc1SC.I. The van der Waals surface area contributed by atoms with Crippen LogP contribution in [0.5, 0.6) is 0 Å². The molecule has 2 N–H and O–H groups in total. The van der Waals surface area contributed by atoms with Crippen molar-refractivity contribution in [3.05, 3.63) is 41.0 Å². The van der Waals surface area contributed by atoms with E-state index in [4.69, 9.17) is 0 Å². The van der Waals surface area contributed by atoms with Crippen molar-refractivity contribution in [3.63, 3.8) is 0 Å². The fourth-order valence-corrected chi connectivity index (χ4v) is 4.29. The van der Waals surface area contributed by atoms with Gasteiger partial charge >= 0.3 is 0 Å². The number of hydrogen-bond donors (Lipinski definition) is 2. The summed E-state index contributed by atoms with van der Waals surface area (Å²) >= 11 is 1.79. The zero-order chi connectivity index (χ0) is 19.8. The minimum atomic E-state index is 0. The van der Waals surface area contributed by atoms with Gasteiger partial charge in [-0.05, 0) is 49.6 Å². The fourth-order valence-electron chi connectivity index (χ4n) is 3.58. The summed E-state index contributed by atoms with van der Waals surface area (Å²) in [5.74, 6) is 3.14. The molecule has 0 saturated carbocycles. The predicted molar refractivity (Wildman–Crippen MR) is 132 cm³/mol. The summed E-state index contributed by atoms with van der Waals surface area (Å²) in [7, 11) is 1.82. The van der Waals surface area contributed by atoms with E-state index in [1.165, 1.54) is 41.1 Å². The lowest BCUT2D eigenvalue weighted by molar-refractivity contribution is 0.594. The highest BCUT2D eigenvalue weighted by molar-refractivity contribution is 14.0. The summed E-state index contributed by atoms with van der Waals surface area (Å²) in [6.45, 7) is 4.84. The molecule has 1 aromatic carbocycles. The third-order valence-electron chi connectivity index (χ3n) is 5.17. The van der Waals surface area contributed by atoms with Crippen LogP contribution in [0, 0.1) is 6.92 Å². The monoisotopic (exact) mass is 528 g/mol. The average Bonchev–Trinajstić information content (AvgIpc) is 2.94. The normalized spacial score (nSPS) is 14.0. The summed E-state index contributed by atoms with van der Waals surface area (Å²) in [4.78, 5) is 5.66. The van der Waals surface area contributed by atoms with E-state index in [1.54, 1.807) is 11.8 Å². The van der Waals surface area contributed by atoms with Gasteiger partial charge < -0.3 is 15.2 Å². The topological polar surface area (TPSA) is 67.1 Å². The molecule has 160 valence electrons. The number of halogens is 1. The van der Waals surface area contributed by atoms with Crippen molar-refractivity contribution in [1.82, 2.24) is 25.4 Å². The van der Waals surface area contributed by atoms with Crippen LogP contribution in [0.3, 0.4) is 0 Å². The number of rotatable bonds is 7. The molecule has 0 amide bonds. The molecule has 8 heteroatoms. The second-order valence-electron chi connectivity index (χ2n) is 7.27. The van der Waals surface area contributed by atoms with Crippen molar-refractivity contribution in [2.75, 3.05) is 19.8 Å². The van der Waals surface area contributed by atoms with Crippen LogP contribution in [-0.2, 0) is 25.9 Å². The number of aryl methyl sites for hydroxylation is 3. The van der Waals surface area contributed by atoms with Crippen molar-refractivity contribution < 1.29 is 0 Å². The number of fused-ring (bicyclic) bond motifs is 1. The average molecular weight is 529 g/mol. The van der Waals surface area contributed by atoms with Crippen molar-refractivity contribution >= 4 is 41.7 Å². The number of aromatic nitrogens is 3. The van der Waals surface area contributed by atoms with E-state index in [2.05, 4.69) is 61.8 Å². The molecule has 0 saturated heterocycles. The highest BCUT2D eigenvalue weighted by atomic mass is 127. The third kappa shape index (κ3) is 6.87. The zero-order valence-corrected chi connectivity index (χ0v) is 20.8. The quantitative estimate of drug-likeness (QED) is 0.187. The van der Waals surface area contributed by atoms with Gasteiger partial charge in [-0.15, -0.1) is 45.9 Å². The number of thioether (sulfide) groups is 1. The van der Waals surface area contributed by atoms with Crippen LogP contribution in [-0.4, -0.2) is 40.6 Å². The van der Waals surface area contributed by atoms with Gasteiger partial charge in [0.2, 0.25) is 0 Å². The maximum absolute atomic E-state index is 4.42. The molecular weight excluding hydrogens is 495 g/mol. The van der Waals surface area contributed by atoms with Crippen LogP contribution < -0.4 is 10.6 Å². The number of benzene rings is 1. The van der Waals surface area contributed by atoms with Crippen molar-refractivity contribution in [2.45, 2.75) is 63.4 Å². The molecule has 0 unspecified atom stereocenters. The van der Waals surface area contributed by atoms with E-state index in [0.29, 0.717) is 0 Å². The number of nitrogens with zero attached hydrogens (tertiary/aromatic N) is 4. The second kappa shape index (κ2) is 12.4. The van der Waals surface area contributed by atoms with Gasteiger partial charge in [0, 0.05) is 44.4 Å². The molecule has 3 rings (SSSR count). The Morgan fingerprint density at radius 3 is 2.86 bits per heavy atom. The molecule has 1 aromatic heterocycles. The van der Waals surface area contributed by atoms with Gasteiger partial charge in [-0.25, -0.2) is 0 Å². The first-order valence-corrected chi connectivity index (χ1v) is 11.4. The smallest absolute Gasteiger partial charge is 0.191 e. The van der Waals surface area contributed by atoms with Crippen LogP contribution in [0.2, 0.25) is 0 Å². The Labute approximate surface area is 195 Å². The van der Waals surface area contributed by atoms with E-state index in [-0.39, 0.29) is 24.0 Å². The number of hydrogen-bond acceptors (Lipinski definition) is 4. The molecule has 2 heterocycles. The lowest BCUT2D eigenvalue weighted by atomic mass is 10.1. The molecule has 6 nitrogen and oxygen atoms in total. The molecular formula is C21H33IN6S. The third-order valence-corrected chi connectivity index (χ3v) is 5.99. The minimum absolute atomic E-state index is 0. The summed E-state index contributed by atoms with van der Waals surface area (Å²) < 4.78 is 2.33. The maximum Gasteiger partial charge on any atom is 0.191 e. The highest BCUT2D eigenvalue weighted by Gasteiger charge is 2.14. The standard InChI is InChI=1S/C21H32N6S.HI/c1-16-10-11-17(18(14-16)28-3)15-24-21(22-2)23-12-7-9-20-26-25-19-8-5-4-6-13-27(19)20;/h10-11,14H,4-9,12-13,15H2,1-3H3,(H2,22,23,24);1H. The van der Waals surface area contributed by atoms with Crippen LogP contribution in [0.4, 0.5) is 0 Å². The van der Waals surface area contributed by atoms with Crippen molar-refractivity contribution in [1.29, 1.82) is 0 Å². The molecule has 2 aromatic rings. The van der Waals surface area contributed by atoms with Gasteiger partial charge in [-0.2, -0.15) is 0 Å². The Morgan fingerprint density at radius 2 is 2.07 bits per heavy atom. The second-order valence-corrected chi connectivity index (χ2v) is 8.11. The molecule has 1 aliphatic heterocycles. The van der Waals surface area contributed by atoms with Gasteiger partial charge in [-0.3, -0.25) is 4.99 Å². The Hall–Kier alpha value is -1.29. The van der Waals surface area contributed by atoms with Gasteiger partial charge in [0.15, 0.2) is 5.96 Å². The summed E-state index contributed by atoms with van der Waals surface area (Å²) in [6, 6.07) is 6.59. The first kappa shape index (κ1) is 24.0. The van der Waals surface area contributed by atoms with Crippen LogP contribution in [0.1, 0.15) is 48.5 Å².